The molecule has 1 saturated heterocycles. The van der Waals surface area contributed by atoms with Crippen LogP contribution in [0.5, 0.6) is 5.75 Å². The number of nitrogens with one attached hydrogen (secondary N) is 2. The maximum absolute atomic E-state index is 12.5. The lowest BCUT2D eigenvalue weighted by atomic mass is 10.1. The molecule has 2 N–H and O–H groups in total. The van der Waals surface area contributed by atoms with Crippen molar-refractivity contribution in [1.29, 1.82) is 0 Å². The summed E-state index contributed by atoms with van der Waals surface area (Å²) in [5.41, 5.74) is 0.947. The molecule has 0 radical (unpaired) electrons. The van der Waals surface area contributed by atoms with E-state index >= 15 is 0 Å². The second-order valence-corrected chi connectivity index (χ2v) is 6.70. The summed E-state index contributed by atoms with van der Waals surface area (Å²) >= 11 is 0. The Morgan fingerprint density at radius 2 is 2.04 bits per heavy atom. The van der Waals surface area contributed by atoms with Crippen LogP contribution in [0.2, 0.25) is 0 Å². The van der Waals surface area contributed by atoms with Gasteiger partial charge < -0.3 is 15.4 Å². The summed E-state index contributed by atoms with van der Waals surface area (Å²) in [6.45, 7) is 5.01. The highest BCUT2D eigenvalue weighted by Gasteiger charge is 2.16. The van der Waals surface area contributed by atoms with Crippen LogP contribution in [-0.2, 0) is 4.79 Å². The van der Waals surface area contributed by atoms with Gasteiger partial charge in [0.15, 0.2) is 0 Å². The minimum atomic E-state index is -0.234. The number of nitrogens with zero attached hydrogens (tertiary/aromatic N) is 1. The molecule has 0 saturated carbocycles. The molecule has 1 aromatic carbocycles. The first kappa shape index (κ1) is 20.8. The Bertz CT molecular complexity index is 676. The van der Waals surface area contributed by atoms with E-state index in [-0.39, 0.29) is 18.4 Å². The van der Waals surface area contributed by atoms with Gasteiger partial charge in [0.1, 0.15) is 12.4 Å². The maximum atomic E-state index is 12.5. The number of hydrogen-bond acceptors (Lipinski definition) is 4. The molecule has 0 aliphatic carbocycles. The summed E-state index contributed by atoms with van der Waals surface area (Å²) in [7, 11) is 0. The van der Waals surface area contributed by atoms with Crippen LogP contribution in [0.25, 0.3) is 0 Å². The van der Waals surface area contributed by atoms with Crippen molar-refractivity contribution in [3.8, 4) is 18.1 Å². The first-order valence-corrected chi connectivity index (χ1v) is 9.64. The fourth-order valence-corrected chi connectivity index (χ4v) is 3.03. The number of amides is 2. The Labute approximate surface area is 161 Å². The summed E-state index contributed by atoms with van der Waals surface area (Å²) < 4.78 is 5.48. The number of rotatable bonds is 9. The lowest BCUT2D eigenvalue weighted by Crippen LogP contribution is -2.36. The molecule has 0 aromatic heterocycles. The zero-order valence-electron chi connectivity index (χ0n) is 16.1. The number of carbonyl (C=O) groups is 2. The molecule has 27 heavy (non-hydrogen) atoms. The third-order valence-electron chi connectivity index (χ3n) is 4.45. The second-order valence-electron chi connectivity index (χ2n) is 6.70. The number of benzene rings is 1. The average Bonchev–Trinajstić information content (AvgIpc) is 2.67. The number of ether oxygens (including phenoxy) is 1. The molecule has 0 unspecified atom stereocenters. The molecule has 1 aliphatic heterocycles. The highest BCUT2D eigenvalue weighted by Crippen LogP contribution is 2.23. The molecule has 146 valence electrons. The largest absolute Gasteiger partial charge is 0.480 e. The molecule has 1 fully saturated rings. The highest BCUT2D eigenvalue weighted by atomic mass is 16.5. The van der Waals surface area contributed by atoms with E-state index in [0.29, 0.717) is 30.1 Å². The van der Waals surface area contributed by atoms with E-state index in [1.165, 1.54) is 6.42 Å². The SMILES string of the molecule is C#CCOc1ccc(NC(=O)CN2CCCCC2)cc1C(=O)NCCCC. The van der Waals surface area contributed by atoms with Gasteiger partial charge in [0.2, 0.25) is 5.91 Å². The van der Waals surface area contributed by atoms with E-state index in [0.717, 1.165) is 38.8 Å². The zero-order valence-corrected chi connectivity index (χ0v) is 16.1. The van der Waals surface area contributed by atoms with Crippen LogP contribution in [0.1, 0.15) is 49.4 Å². The number of likely N-dealkylation sites (tertiary alicyclic amines) is 1. The topological polar surface area (TPSA) is 70.7 Å². The minimum Gasteiger partial charge on any atom is -0.480 e. The van der Waals surface area contributed by atoms with Gasteiger partial charge in [-0.15, -0.1) is 6.42 Å². The number of terminal acetylenes is 1. The van der Waals surface area contributed by atoms with E-state index in [9.17, 15) is 9.59 Å². The third kappa shape index (κ3) is 6.95. The number of anilines is 1. The molecule has 0 atom stereocenters. The molecule has 2 amide bonds. The molecule has 1 aromatic rings. The second kappa shape index (κ2) is 11.2. The number of unbranched alkanes of at least 4 members (excludes halogenated alkanes) is 1. The summed E-state index contributed by atoms with van der Waals surface area (Å²) in [6, 6.07) is 5.03. The van der Waals surface area contributed by atoms with E-state index in [1.54, 1.807) is 18.2 Å². The molecule has 1 aliphatic rings. The third-order valence-corrected chi connectivity index (χ3v) is 4.45. The Morgan fingerprint density at radius 1 is 1.26 bits per heavy atom. The van der Waals surface area contributed by atoms with Gasteiger partial charge in [-0.1, -0.05) is 25.7 Å². The predicted octanol–water partition coefficient (Wildman–Crippen LogP) is 2.65. The molecule has 2 rings (SSSR count). The van der Waals surface area contributed by atoms with Gasteiger partial charge >= 0.3 is 0 Å². The zero-order chi connectivity index (χ0) is 19.5. The molecule has 0 bridgehead atoms. The molecular weight excluding hydrogens is 342 g/mol. The molecule has 0 spiro atoms. The van der Waals surface area contributed by atoms with Crippen molar-refractivity contribution in [2.45, 2.75) is 39.0 Å². The normalized spacial score (nSPS) is 14.2. The van der Waals surface area contributed by atoms with Gasteiger partial charge in [0, 0.05) is 12.2 Å². The summed E-state index contributed by atoms with van der Waals surface area (Å²) in [5.74, 6) is 2.50. The standard InChI is InChI=1S/C21H29N3O3/c1-3-5-11-22-21(26)18-15-17(9-10-19(18)27-14-4-2)23-20(25)16-24-12-7-6-8-13-24/h2,9-10,15H,3,5-8,11-14,16H2,1H3,(H,22,26)(H,23,25). The van der Waals surface area contributed by atoms with Crippen molar-refractivity contribution >= 4 is 17.5 Å². The molecule has 6 nitrogen and oxygen atoms in total. The van der Waals surface area contributed by atoms with E-state index < -0.39 is 0 Å². The van der Waals surface area contributed by atoms with Gasteiger partial charge in [-0.05, 0) is 50.6 Å². The van der Waals surface area contributed by atoms with E-state index in [2.05, 4.69) is 28.4 Å². The average molecular weight is 371 g/mol. The number of piperidine rings is 1. The van der Waals surface area contributed by atoms with E-state index in [1.807, 2.05) is 0 Å². The number of hydrogen-bond donors (Lipinski definition) is 2. The fourth-order valence-electron chi connectivity index (χ4n) is 3.03. The Morgan fingerprint density at radius 3 is 2.74 bits per heavy atom. The van der Waals surface area contributed by atoms with Crippen LogP contribution in [0, 0.1) is 12.3 Å². The first-order valence-electron chi connectivity index (χ1n) is 9.64. The molecular formula is C21H29N3O3. The quantitative estimate of drug-likeness (QED) is 0.517. The van der Waals surface area contributed by atoms with Crippen molar-refractivity contribution in [3.63, 3.8) is 0 Å². The van der Waals surface area contributed by atoms with Crippen molar-refractivity contribution in [3.05, 3.63) is 23.8 Å². The summed E-state index contributed by atoms with van der Waals surface area (Å²) in [6.07, 6.45) is 10.6. The Balaban J connectivity index is 2.05. The monoisotopic (exact) mass is 371 g/mol. The van der Waals surface area contributed by atoms with Gasteiger partial charge in [-0.2, -0.15) is 0 Å². The van der Waals surface area contributed by atoms with Crippen LogP contribution in [0.3, 0.4) is 0 Å². The van der Waals surface area contributed by atoms with Crippen LogP contribution in [0.4, 0.5) is 5.69 Å². The molecule has 1 heterocycles. The maximum Gasteiger partial charge on any atom is 0.255 e. The predicted molar refractivity (Wildman–Crippen MR) is 107 cm³/mol. The first-order chi connectivity index (χ1) is 13.1. The minimum absolute atomic E-state index is 0.0773. The highest BCUT2D eigenvalue weighted by molar-refractivity contribution is 5.99. The van der Waals surface area contributed by atoms with Crippen molar-refractivity contribution in [2.24, 2.45) is 0 Å². The van der Waals surface area contributed by atoms with Crippen LogP contribution >= 0.6 is 0 Å². The van der Waals surface area contributed by atoms with Gasteiger partial charge in [-0.25, -0.2) is 0 Å². The summed E-state index contributed by atoms with van der Waals surface area (Å²) in [5, 5.41) is 5.75. The van der Waals surface area contributed by atoms with Crippen molar-refractivity contribution in [1.82, 2.24) is 10.2 Å². The van der Waals surface area contributed by atoms with Crippen molar-refractivity contribution < 1.29 is 14.3 Å². The fraction of sp³-hybridized carbons (Fsp3) is 0.524. The van der Waals surface area contributed by atoms with Gasteiger partial charge in [-0.3, -0.25) is 14.5 Å². The van der Waals surface area contributed by atoms with Crippen LogP contribution in [0.15, 0.2) is 18.2 Å². The molecule has 6 heteroatoms. The van der Waals surface area contributed by atoms with Crippen LogP contribution < -0.4 is 15.4 Å². The number of carbonyl (C=O) groups excluding carboxylic acids is 2. The lowest BCUT2D eigenvalue weighted by molar-refractivity contribution is -0.117. The smallest absolute Gasteiger partial charge is 0.255 e. The van der Waals surface area contributed by atoms with Gasteiger partial charge in [0.25, 0.3) is 5.91 Å². The Kier molecular flexibility index (Phi) is 8.66. The van der Waals surface area contributed by atoms with Gasteiger partial charge in [0.05, 0.1) is 12.1 Å². The lowest BCUT2D eigenvalue weighted by Gasteiger charge is -2.25. The van der Waals surface area contributed by atoms with Crippen molar-refractivity contribution in [2.75, 3.05) is 38.1 Å². The van der Waals surface area contributed by atoms with Crippen LogP contribution in [-0.4, -0.2) is 49.5 Å². The summed E-state index contributed by atoms with van der Waals surface area (Å²) in [4.78, 5) is 27.0. The Hall–Kier alpha value is -2.52. The van der Waals surface area contributed by atoms with E-state index in [4.69, 9.17) is 11.2 Å².